The molecule has 3 aliphatic rings. The first-order valence-electron chi connectivity index (χ1n) is 13.9. The molecule has 0 radical (unpaired) electrons. The third-order valence-corrected chi connectivity index (χ3v) is 7.41. The van der Waals surface area contributed by atoms with E-state index in [2.05, 4.69) is 23.1 Å². The molecule has 6 atom stereocenters. The molecule has 3 aliphatic heterocycles. The summed E-state index contributed by atoms with van der Waals surface area (Å²) in [6.07, 6.45) is -2.24. The first-order valence-corrected chi connectivity index (χ1v) is 13.9. The summed E-state index contributed by atoms with van der Waals surface area (Å²) in [7, 11) is 1.60. The topological polar surface area (TPSA) is 97.3 Å². The van der Waals surface area contributed by atoms with Crippen molar-refractivity contribution in [2.75, 3.05) is 79.6 Å². The predicted octanol–water partition coefficient (Wildman–Crippen LogP) is 2.13. The summed E-state index contributed by atoms with van der Waals surface area (Å²) in [5.74, 6) is 0. The molecule has 0 unspecified atom stereocenters. The molecule has 10 nitrogen and oxygen atoms in total. The van der Waals surface area contributed by atoms with Crippen LogP contribution in [0.5, 0.6) is 0 Å². The van der Waals surface area contributed by atoms with Crippen LogP contribution in [0, 0.1) is 0 Å². The lowest BCUT2D eigenvalue weighted by Crippen LogP contribution is -2.63. The van der Waals surface area contributed by atoms with E-state index < -0.39 is 30.9 Å². The molecule has 3 heterocycles. The molecule has 3 fully saturated rings. The molecule has 2 aromatic rings. The van der Waals surface area contributed by atoms with E-state index in [0.717, 1.165) is 42.4 Å². The molecule has 3 saturated heterocycles. The second-order valence-corrected chi connectivity index (χ2v) is 9.93. The largest absolute Gasteiger partial charge is 0.396 e. The highest BCUT2D eigenvalue weighted by atomic mass is 16.8. The zero-order valence-electron chi connectivity index (χ0n) is 22.7. The number of aliphatic hydroxyl groups excluding tert-OH is 1. The fourth-order valence-electron chi connectivity index (χ4n) is 5.42. The van der Waals surface area contributed by atoms with Crippen LogP contribution >= 0.6 is 0 Å². The fraction of sp³-hybridized carbons (Fsp3) is 0.655. The van der Waals surface area contributed by atoms with E-state index in [9.17, 15) is 5.11 Å². The Morgan fingerprint density at radius 1 is 0.821 bits per heavy atom. The number of hydrogen-bond donors (Lipinski definition) is 1. The van der Waals surface area contributed by atoms with Crippen LogP contribution in [0.25, 0.3) is 10.8 Å². The van der Waals surface area contributed by atoms with Crippen molar-refractivity contribution in [2.24, 2.45) is 0 Å². The number of benzene rings is 2. The fourth-order valence-corrected chi connectivity index (χ4v) is 5.42. The van der Waals surface area contributed by atoms with E-state index in [-0.39, 0.29) is 12.7 Å². The summed E-state index contributed by atoms with van der Waals surface area (Å²) in [5.41, 5.74) is 0.970. The highest BCUT2D eigenvalue weighted by molar-refractivity contribution is 5.85. The number of hydrogen-bond acceptors (Lipinski definition) is 10. The molecular formula is C29H41NO9. The Morgan fingerprint density at radius 2 is 1.56 bits per heavy atom. The average molecular weight is 548 g/mol. The second kappa shape index (κ2) is 14.8. The van der Waals surface area contributed by atoms with Crippen LogP contribution in [0.3, 0.4) is 0 Å². The Bertz CT molecular complexity index is 1000. The molecular weight excluding hydrogens is 506 g/mol. The zero-order chi connectivity index (χ0) is 26.9. The number of rotatable bonds is 5. The van der Waals surface area contributed by atoms with Crippen LogP contribution in [0.15, 0.2) is 42.5 Å². The Balaban J connectivity index is 1.30. The molecule has 0 amide bonds. The number of nitrogens with zero attached hydrogens (tertiary/aromatic N) is 1. The van der Waals surface area contributed by atoms with E-state index >= 15 is 0 Å². The van der Waals surface area contributed by atoms with Crippen molar-refractivity contribution >= 4 is 10.8 Å². The van der Waals surface area contributed by atoms with Crippen LogP contribution in [0.2, 0.25) is 0 Å². The second-order valence-electron chi connectivity index (χ2n) is 9.93. The minimum atomic E-state index is -0.636. The van der Waals surface area contributed by atoms with Gasteiger partial charge in [0.1, 0.15) is 24.4 Å². The lowest BCUT2D eigenvalue weighted by molar-refractivity contribution is -0.367. The van der Waals surface area contributed by atoms with Crippen molar-refractivity contribution in [1.29, 1.82) is 0 Å². The summed E-state index contributed by atoms with van der Waals surface area (Å²) >= 11 is 0. The van der Waals surface area contributed by atoms with E-state index in [4.69, 9.17) is 37.9 Å². The molecule has 0 bridgehead atoms. The first kappa shape index (κ1) is 28.8. The molecule has 2 aromatic carbocycles. The van der Waals surface area contributed by atoms with Crippen molar-refractivity contribution in [1.82, 2.24) is 4.90 Å². The van der Waals surface area contributed by atoms with Gasteiger partial charge in [-0.15, -0.1) is 0 Å². The summed E-state index contributed by atoms with van der Waals surface area (Å²) in [6, 6.07) is 14.3. The van der Waals surface area contributed by atoms with Gasteiger partial charge in [-0.2, -0.15) is 0 Å². The highest BCUT2D eigenvalue weighted by Crippen LogP contribution is 2.38. The van der Waals surface area contributed by atoms with Crippen LogP contribution in [0.4, 0.5) is 0 Å². The Kier molecular flexibility index (Phi) is 10.9. The standard InChI is InChI=1S/C29H41NO9/c1-32-29-27-26(35-18-16-33-14-11-30(10-5-13-31)12-15-34-17-19-36-27)25-24(38-29)20-37-28(39-25)23-9-4-7-21-6-2-3-8-22(21)23/h2-4,6-9,24-29,31H,5,10-20H2,1H3/t24-,25-,26+,27-,28-,29+/m1/s1. The number of ether oxygens (including phenoxy) is 8. The zero-order valence-corrected chi connectivity index (χ0v) is 22.7. The molecule has 0 aromatic heterocycles. The molecule has 216 valence electrons. The minimum Gasteiger partial charge on any atom is -0.396 e. The Morgan fingerprint density at radius 3 is 2.33 bits per heavy atom. The maximum absolute atomic E-state index is 9.20. The number of aliphatic hydroxyl groups is 1. The monoisotopic (exact) mass is 547 g/mol. The molecule has 0 spiro atoms. The molecule has 10 heteroatoms. The van der Waals surface area contributed by atoms with Gasteiger partial charge in [0.15, 0.2) is 12.6 Å². The van der Waals surface area contributed by atoms with Gasteiger partial charge in [-0.3, -0.25) is 4.90 Å². The van der Waals surface area contributed by atoms with Gasteiger partial charge < -0.3 is 43.0 Å². The van der Waals surface area contributed by atoms with Crippen LogP contribution in [0.1, 0.15) is 18.3 Å². The number of fused-ring (bicyclic) bond motifs is 4. The first-order chi connectivity index (χ1) is 19.3. The summed E-state index contributed by atoms with van der Waals surface area (Å²) in [5, 5.41) is 11.4. The van der Waals surface area contributed by atoms with E-state index in [0.29, 0.717) is 46.2 Å². The molecule has 0 aliphatic carbocycles. The summed E-state index contributed by atoms with van der Waals surface area (Å²) < 4.78 is 49.1. The quantitative estimate of drug-likeness (QED) is 0.600. The van der Waals surface area contributed by atoms with Gasteiger partial charge in [0.25, 0.3) is 0 Å². The van der Waals surface area contributed by atoms with Gasteiger partial charge in [0.05, 0.1) is 46.2 Å². The lowest BCUT2D eigenvalue weighted by Gasteiger charge is -2.48. The highest BCUT2D eigenvalue weighted by Gasteiger charge is 2.51. The molecule has 5 rings (SSSR count). The average Bonchev–Trinajstić information content (AvgIpc) is 2.98. The third kappa shape index (κ3) is 7.34. The minimum absolute atomic E-state index is 0.169. The van der Waals surface area contributed by atoms with E-state index in [1.54, 1.807) is 7.11 Å². The van der Waals surface area contributed by atoms with Gasteiger partial charge in [-0.25, -0.2) is 0 Å². The summed E-state index contributed by atoms with van der Waals surface area (Å²) in [6.45, 7) is 5.59. The number of methoxy groups -OCH3 is 1. The van der Waals surface area contributed by atoms with Crippen LogP contribution in [-0.2, 0) is 37.9 Å². The van der Waals surface area contributed by atoms with Crippen molar-refractivity contribution in [3.63, 3.8) is 0 Å². The van der Waals surface area contributed by atoms with Gasteiger partial charge >= 0.3 is 0 Å². The Labute approximate surface area is 229 Å². The van der Waals surface area contributed by atoms with Crippen molar-refractivity contribution < 1.29 is 43.0 Å². The van der Waals surface area contributed by atoms with E-state index in [1.807, 2.05) is 24.3 Å². The maximum atomic E-state index is 9.20. The Hall–Kier alpha value is -1.70. The van der Waals surface area contributed by atoms with Crippen LogP contribution < -0.4 is 0 Å². The third-order valence-electron chi connectivity index (χ3n) is 7.41. The normalized spacial score (nSPS) is 32.1. The molecule has 0 saturated carbocycles. The van der Waals surface area contributed by atoms with Gasteiger partial charge in [-0.05, 0) is 17.2 Å². The smallest absolute Gasteiger partial charge is 0.186 e. The van der Waals surface area contributed by atoms with Crippen LogP contribution in [-0.4, -0.2) is 120 Å². The van der Waals surface area contributed by atoms with Gasteiger partial charge in [0.2, 0.25) is 0 Å². The molecule has 1 N–H and O–H groups in total. The predicted molar refractivity (Wildman–Crippen MR) is 142 cm³/mol. The molecule has 39 heavy (non-hydrogen) atoms. The summed E-state index contributed by atoms with van der Waals surface area (Å²) in [4.78, 5) is 2.24. The van der Waals surface area contributed by atoms with Crippen molar-refractivity contribution in [2.45, 2.75) is 43.4 Å². The van der Waals surface area contributed by atoms with Crippen molar-refractivity contribution in [3.8, 4) is 0 Å². The maximum Gasteiger partial charge on any atom is 0.186 e. The SMILES string of the molecule is CO[C@H]1O[C@@H]2CO[C@@H](c3cccc4ccccc34)O[C@H]2[C@@H]2OCCOCCN(CCCO)CCOCCO[C@@H]12. The van der Waals surface area contributed by atoms with Crippen molar-refractivity contribution in [3.05, 3.63) is 48.0 Å². The lowest BCUT2D eigenvalue weighted by atomic mass is 9.96. The van der Waals surface area contributed by atoms with E-state index in [1.165, 1.54) is 0 Å². The van der Waals surface area contributed by atoms with Gasteiger partial charge in [-0.1, -0.05) is 42.5 Å². The van der Waals surface area contributed by atoms with Gasteiger partial charge in [0, 0.05) is 38.9 Å².